The first kappa shape index (κ1) is 11.8. The van der Waals surface area contributed by atoms with Crippen molar-refractivity contribution in [1.82, 2.24) is 0 Å². The van der Waals surface area contributed by atoms with E-state index >= 15 is 0 Å². The Morgan fingerprint density at radius 1 is 0.824 bits per heavy atom. The summed E-state index contributed by atoms with van der Waals surface area (Å²) in [6.45, 7) is 4.26. The van der Waals surface area contributed by atoms with E-state index in [1.807, 2.05) is 30.3 Å². The van der Waals surface area contributed by atoms with Gasteiger partial charge < -0.3 is 0 Å². The van der Waals surface area contributed by atoms with Gasteiger partial charge in [0.15, 0.2) is 0 Å². The zero-order valence-electron chi connectivity index (χ0n) is 10.2. The molecule has 1 heteroatoms. The second-order valence-corrected chi connectivity index (χ2v) is 4.65. The first-order chi connectivity index (χ1) is 8.20. The highest BCUT2D eigenvalue weighted by Gasteiger charge is 2.20. The Hall–Kier alpha value is -1.63. The van der Waals surface area contributed by atoms with Crippen molar-refractivity contribution in [3.8, 4) is 0 Å². The van der Waals surface area contributed by atoms with Gasteiger partial charge in [0.05, 0.1) is 0 Å². The normalized spacial score (nSPS) is 12.7. The third-order valence-electron chi connectivity index (χ3n) is 3.07. The van der Waals surface area contributed by atoms with Crippen LogP contribution in [-0.2, 0) is 0 Å². The molecule has 0 nitrogen and oxygen atoms in total. The number of hydrogen-bond acceptors (Lipinski definition) is 0. The number of rotatable bonds is 3. The maximum absolute atomic E-state index is 13.9. The molecule has 0 saturated carbocycles. The summed E-state index contributed by atoms with van der Waals surface area (Å²) in [5.41, 5.74) is 1.96. The van der Waals surface area contributed by atoms with E-state index < -0.39 is 0 Å². The van der Waals surface area contributed by atoms with Gasteiger partial charge in [0.2, 0.25) is 0 Å². The third-order valence-corrected chi connectivity index (χ3v) is 3.07. The second kappa shape index (κ2) is 5.13. The Morgan fingerprint density at radius 3 is 2.00 bits per heavy atom. The lowest BCUT2D eigenvalue weighted by atomic mass is 9.82. The van der Waals surface area contributed by atoms with Crippen LogP contribution in [0, 0.1) is 11.7 Å². The molecule has 0 unspecified atom stereocenters. The SMILES string of the molecule is CC(C)[C@H](c1ccccc1)c1ccccc1F. The van der Waals surface area contributed by atoms with Crippen molar-refractivity contribution < 1.29 is 4.39 Å². The van der Waals surface area contributed by atoms with Gasteiger partial charge >= 0.3 is 0 Å². The molecule has 0 bridgehead atoms. The van der Waals surface area contributed by atoms with Crippen LogP contribution >= 0.6 is 0 Å². The summed E-state index contributed by atoms with van der Waals surface area (Å²) in [5, 5.41) is 0. The zero-order chi connectivity index (χ0) is 12.3. The summed E-state index contributed by atoms with van der Waals surface area (Å²) in [4.78, 5) is 0. The number of benzene rings is 2. The van der Waals surface area contributed by atoms with Crippen molar-refractivity contribution in [1.29, 1.82) is 0 Å². The van der Waals surface area contributed by atoms with E-state index in [9.17, 15) is 4.39 Å². The van der Waals surface area contributed by atoms with Crippen LogP contribution in [-0.4, -0.2) is 0 Å². The molecule has 0 fully saturated rings. The smallest absolute Gasteiger partial charge is 0.127 e. The largest absolute Gasteiger partial charge is 0.207 e. The maximum atomic E-state index is 13.9. The lowest BCUT2D eigenvalue weighted by Gasteiger charge is -2.22. The molecule has 2 aromatic rings. The summed E-state index contributed by atoms with van der Waals surface area (Å²) >= 11 is 0. The van der Waals surface area contributed by atoms with Gasteiger partial charge in [-0.25, -0.2) is 4.39 Å². The van der Waals surface area contributed by atoms with Gasteiger partial charge in [0, 0.05) is 5.92 Å². The average molecular weight is 228 g/mol. The van der Waals surface area contributed by atoms with Crippen LogP contribution in [0.2, 0.25) is 0 Å². The van der Waals surface area contributed by atoms with E-state index in [0.717, 1.165) is 5.56 Å². The molecule has 0 saturated heterocycles. The lowest BCUT2D eigenvalue weighted by molar-refractivity contribution is 0.523. The molecule has 0 radical (unpaired) electrons. The van der Waals surface area contributed by atoms with E-state index in [-0.39, 0.29) is 11.7 Å². The van der Waals surface area contributed by atoms with Crippen LogP contribution < -0.4 is 0 Å². The summed E-state index contributed by atoms with van der Waals surface area (Å²) in [6, 6.07) is 17.2. The van der Waals surface area contributed by atoms with E-state index in [1.165, 1.54) is 11.6 Å². The first-order valence-corrected chi connectivity index (χ1v) is 5.99. The van der Waals surface area contributed by atoms with Gasteiger partial charge in [-0.15, -0.1) is 0 Å². The monoisotopic (exact) mass is 228 g/mol. The molecule has 2 aromatic carbocycles. The quantitative estimate of drug-likeness (QED) is 0.719. The van der Waals surface area contributed by atoms with Crippen molar-refractivity contribution in [2.75, 3.05) is 0 Å². The van der Waals surface area contributed by atoms with Crippen LogP contribution in [0.4, 0.5) is 4.39 Å². The molecule has 0 N–H and O–H groups in total. The molecule has 1 atom stereocenters. The molecule has 17 heavy (non-hydrogen) atoms. The fraction of sp³-hybridized carbons (Fsp3) is 0.250. The molecule has 0 aliphatic carbocycles. The molecule has 88 valence electrons. The Morgan fingerprint density at radius 2 is 1.41 bits per heavy atom. The van der Waals surface area contributed by atoms with E-state index in [1.54, 1.807) is 6.07 Å². The molecule has 0 spiro atoms. The predicted octanol–water partition coefficient (Wildman–Crippen LogP) is 4.61. The number of hydrogen-bond donors (Lipinski definition) is 0. The average Bonchev–Trinajstić information content (AvgIpc) is 2.33. The minimum Gasteiger partial charge on any atom is -0.207 e. The summed E-state index contributed by atoms with van der Waals surface area (Å²) < 4.78 is 13.9. The minimum absolute atomic E-state index is 0.116. The summed E-state index contributed by atoms with van der Waals surface area (Å²) in [5.74, 6) is 0.377. The van der Waals surface area contributed by atoms with Crippen LogP contribution in [0.25, 0.3) is 0 Å². The third kappa shape index (κ3) is 2.55. The fourth-order valence-electron chi connectivity index (χ4n) is 2.31. The Labute approximate surface area is 102 Å². The maximum Gasteiger partial charge on any atom is 0.127 e. The van der Waals surface area contributed by atoms with Crippen molar-refractivity contribution in [3.63, 3.8) is 0 Å². The minimum atomic E-state index is -0.116. The van der Waals surface area contributed by atoms with Crippen molar-refractivity contribution in [2.24, 2.45) is 5.92 Å². The Bertz CT molecular complexity index is 474. The topological polar surface area (TPSA) is 0 Å². The molecular formula is C16H17F. The molecule has 0 aliphatic heterocycles. The first-order valence-electron chi connectivity index (χ1n) is 5.99. The molecule has 0 heterocycles. The summed E-state index contributed by atoms with van der Waals surface area (Å²) in [6.07, 6.45) is 0. The lowest BCUT2D eigenvalue weighted by Crippen LogP contribution is -2.10. The second-order valence-electron chi connectivity index (χ2n) is 4.65. The highest BCUT2D eigenvalue weighted by atomic mass is 19.1. The summed E-state index contributed by atoms with van der Waals surface area (Å²) in [7, 11) is 0. The van der Waals surface area contributed by atoms with Gasteiger partial charge in [-0.2, -0.15) is 0 Å². The molecule has 0 amide bonds. The standard InChI is InChI=1S/C16H17F/c1-12(2)16(13-8-4-3-5-9-13)14-10-6-7-11-15(14)17/h3-12,16H,1-2H3/t16-/m1/s1. The highest BCUT2D eigenvalue weighted by molar-refractivity contribution is 5.33. The molecule has 0 aromatic heterocycles. The number of halogens is 1. The van der Waals surface area contributed by atoms with Gasteiger partial charge in [0.25, 0.3) is 0 Å². The fourth-order valence-corrected chi connectivity index (χ4v) is 2.31. The van der Waals surface area contributed by atoms with Crippen LogP contribution in [0.5, 0.6) is 0 Å². The van der Waals surface area contributed by atoms with Crippen molar-refractivity contribution >= 4 is 0 Å². The highest BCUT2D eigenvalue weighted by Crippen LogP contribution is 2.32. The molecular weight excluding hydrogens is 211 g/mol. The van der Waals surface area contributed by atoms with E-state index in [0.29, 0.717) is 5.92 Å². The predicted molar refractivity (Wildman–Crippen MR) is 69.5 cm³/mol. The van der Waals surface area contributed by atoms with Crippen LogP contribution in [0.3, 0.4) is 0 Å². The van der Waals surface area contributed by atoms with Gasteiger partial charge in [0.1, 0.15) is 5.82 Å². The van der Waals surface area contributed by atoms with E-state index in [2.05, 4.69) is 26.0 Å². The van der Waals surface area contributed by atoms with Crippen LogP contribution in [0.1, 0.15) is 30.9 Å². The van der Waals surface area contributed by atoms with Crippen molar-refractivity contribution in [3.05, 3.63) is 71.5 Å². The molecule has 2 rings (SSSR count). The van der Waals surface area contributed by atoms with Crippen LogP contribution in [0.15, 0.2) is 54.6 Å². The molecule has 0 aliphatic rings. The van der Waals surface area contributed by atoms with Crippen molar-refractivity contribution in [2.45, 2.75) is 19.8 Å². The zero-order valence-corrected chi connectivity index (χ0v) is 10.2. The van der Waals surface area contributed by atoms with Gasteiger partial charge in [-0.1, -0.05) is 62.4 Å². The van der Waals surface area contributed by atoms with Gasteiger partial charge in [-0.05, 0) is 23.1 Å². The van der Waals surface area contributed by atoms with E-state index in [4.69, 9.17) is 0 Å². The Kier molecular flexibility index (Phi) is 3.58. The van der Waals surface area contributed by atoms with Gasteiger partial charge in [-0.3, -0.25) is 0 Å². The Balaban J connectivity index is 2.47.